The van der Waals surface area contributed by atoms with Crippen molar-refractivity contribution in [2.75, 3.05) is 10.6 Å². The Hall–Kier alpha value is -2.66. The Bertz CT molecular complexity index is 757. The third kappa shape index (κ3) is 4.20. The molecule has 0 saturated heterocycles. The molecule has 0 amide bonds. The molecule has 0 unspecified atom stereocenters. The van der Waals surface area contributed by atoms with Crippen LogP contribution in [0.4, 0.5) is 11.8 Å². The lowest BCUT2D eigenvalue weighted by molar-refractivity contribution is 0.935. The van der Waals surface area contributed by atoms with Crippen LogP contribution >= 0.6 is 11.6 Å². The molecule has 3 aromatic rings. The number of rotatable bonds is 6. The topological polar surface area (TPSA) is 62.7 Å². The molecule has 0 aliphatic rings. The molecule has 0 atom stereocenters. The van der Waals surface area contributed by atoms with E-state index < -0.39 is 0 Å². The summed E-state index contributed by atoms with van der Waals surface area (Å²) < 4.78 is 0. The van der Waals surface area contributed by atoms with Crippen LogP contribution in [-0.4, -0.2) is 15.2 Å². The minimum absolute atomic E-state index is 0.488. The number of hydrogen-bond donors (Lipinski definition) is 2. The average molecular weight is 340 g/mol. The van der Waals surface area contributed by atoms with E-state index in [1.54, 1.807) is 6.20 Å². The molecule has 0 aliphatic heterocycles. The van der Waals surface area contributed by atoms with Crippen LogP contribution in [0, 0.1) is 6.92 Å². The van der Waals surface area contributed by atoms with Gasteiger partial charge in [0.15, 0.2) is 5.82 Å². The van der Waals surface area contributed by atoms with Crippen molar-refractivity contribution in [2.45, 2.75) is 20.0 Å². The van der Waals surface area contributed by atoms with Gasteiger partial charge >= 0.3 is 0 Å². The summed E-state index contributed by atoms with van der Waals surface area (Å²) in [6.45, 7) is 3.32. The number of hydrogen-bond acceptors (Lipinski definition) is 5. The predicted molar refractivity (Wildman–Crippen MR) is 97.1 cm³/mol. The van der Waals surface area contributed by atoms with Gasteiger partial charge in [-0.2, -0.15) is 10.1 Å². The van der Waals surface area contributed by atoms with E-state index in [-0.39, 0.29) is 0 Å². The SMILES string of the molecule is Cc1ccccc1CNc1nncc(NCc2ccccc2Cl)n1. The first kappa shape index (κ1) is 16.2. The normalized spacial score (nSPS) is 10.4. The largest absolute Gasteiger partial charge is 0.364 e. The van der Waals surface area contributed by atoms with Crippen LogP contribution in [0.1, 0.15) is 16.7 Å². The zero-order valence-electron chi connectivity index (χ0n) is 13.3. The summed E-state index contributed by atoms with van der Waals surface area (Å²) in [6.07, 6.45) is 1.59. The fourth-order valence-corrected chi connectivity index (χ4v) is 2.48. The van der Waals surface area contributed by atoms with Crippen molar-refractivity contribution < 1.29 is 0 Å². The van der Waals surface area contributed by atoms with Gasteiger partial charge in [-0.15, -0.1) is 5.10 Å². The van der Waals surface area contributed by atoms with Crippen LogP contribution in [0.5, 0.6) is 0 Å². The molecule has 3 rings (SSSR count). The van der Waals surface area contributed by atoms with Crippen molar-refractivity contribution in [3.63, 3.8) is 0 Å². The summed E-state index contributed by atoms with van der Waals surface area (Å²) in [5, 5.41) is 15.1. The molecular formula is C18H18ClN5. The highest BCUT2D eigenvalue weighted by Crippen LogP contribution is 2.16. The maximum atomic E-state index is 6.15. The first-order valence-corrected chi connectivity index (χ1v) is 8.05. The van der Waals surface area contributed by atoms with Gasteiger partial charge in [-0.1, -0.05) is 54.1 Å². The lowest BCUT2D eigenvalue weighted by atomic mass is 10.1. The Morgan fingerprint density at radius 1 is 0.917 bits per heavy atom. The zero-order chi connectivity index (χ0) is 16.8. The van der Waals surface area contributed by atoms with E-state index in [0.29, 0.717) is 24.9 Å². The van der Waals surface area contributed by atoms with E-state index in [0.717, 1.165) is 10.6 Å². The van der Waals surface area contributed by atoms with E-state index >= 15 is 0 Å². The summed E-state index contributed by atoms with van der Waals surface area (Å²) in [7, 11) is 0. The number of halogens is 1. The Balaban J connectivity index is 1.62. The molecule has 24 heavy (non-hydrogen) atoms. The van der Waals surface area contributed by atoms with Crippen molar-refractivity contribution in [2.24, 2.45) is 0 Å². The molecule has 0 saturated carbocycles. The first-order chi connectivity index (χ1) is 11.7. The molecule has 0 radical (unpaired) electrons. The van der Waals surface area contributed by atoms with E-state index in [1.807, 2.05) is 36.4 Å². The molecule has 5 nitrogen and oxygen atoms in total. The number of aromatic nitrogens is 3. The van der Waals surface area contributed by atoms with Gasteiger partial charge in [0.1, 0.15) is 0 Å². The van der Waals surface area contributed by atoms with Gasteiger partial charge in [0, 0.05) is 18.1 Å². The van der Waals surface area contributed by atoms with Crippen molar-refractivity contribution in [3.8, 4) is 0 Å². The van der Waals surface area contributed by atoms with Crippen molar-refractivity contribution >= 4 is 23.4 Å². The van der Waals surface area contributed by atoms with E-state index in [9.17, 15) is 0 Å². The summed E-state index contributed by atoms with van der Waals surface area (Å²) >= 11 is 6.15. The zero-order valence-corrected chi connectivity index (χ0v) is 14.1. The minimum Gasteiger partial charge on any atom is -0.364 e. The van der Waals surface area contributed by atoms with Gasteiger partial charge in [0.05, 0.1) is 6.20 Å². The van der Waals surface area contributed by atoms with Crippen LogP contribution in [0.15, 0.2) is 54.7 Å². The Morgan fingerprint density at radius 2 is 1.62 bits per heavy atom. The smallest absolute Gasteiger partial charge is 0.244 e. The predicted octanol–water partition coefficient (Wildman–Crippen LogP) is 4.06. The minimum atomic E-state index is 0.488. The number of benzene rings is 2. The fourth-order valence-electron chi connectivity index (χ4n) is 2.27. The van der Waals surface area contributed by atoms with Gasteiger partial charge < -0.3 is 10.6 Å². The number of aryl methyl sites for hydroxylation is 1. The second-order valence-electron chi connectivity index (χ2n) is 5.39. The van der Waals surface area contributed by atoms with Crippen LogP contribution in [0.3, 0.4) is 0 Å². The second kappa shape index (κ2) is 7.75. The fraction of sp³-hybridized carbons (Fsp3) is 0.167. The molecule has 0 bridgehead atoms. The molecule has 2 aromatic carbocycles. The second-order valence-corrected chi connectivity index (χ2v) is 5.80. The molecule has 1 aromatic heterocycles. The van der Waals surface area contributed by atoms with E-state index in [2.05, 4.69) is 44.9 Å². The summed E-state index contributed by atoms with van der Waals surface area (Å²) in [5.74, 6) is 1.14. The van der Waals surface area contributed by atoms with E-state index in [1.165, 1.54) is 11.1 Å². The molecule has 0 aliphatic carbocycles. The van der Waals surface area contributed by atoms with Crippen LogP contribution in [0.25, 0.3) is 0 Å². The Kier molecular flexibility index (Phi) is 5.23. The van der Waals surface area contributed by atoms with Crippen LogP contribution in [0.2, 0.25) is 5.02 Å². The van der Waals surface area contributed by atoms with E-state index in [4.69, 9.17) is 11.6 Å². The average Bonchev–Trinajstić information content (AvgIpc) is 2.61. The molecule has 0 fully saturated rings. The maximum Gasteiger partial charge on any atom is 0.244 e. The molecule has 2 N–H and O–H groups in total. The van der Waals surface area contributed by atoms with Crippen molar-refractivity contribution in [1.29, 1.82) is 0 Å². The quantitative estimate of drug-likeness (QED) is 0.709. The highest BCUT2D eigenvalue weighted by Gasteiger charge is 2.03. The van der Waals surface area contributed by atoms with Gasteiger partial charge in [-0.05, 0) is 29.7 Å². The molecule has 0 spiro atoms. The summed E-state index contributed by atoms with van der Waals surface area (Å²) in [6, 6.07) is 15.9. The van der Waals surface area contributed by atoms with Crippen molar-refractivity contribution in [1.82, 2.24) is 15.2 Å². The molecular weight excluding hydrogens is 322 g/mol. The van der Waals surface area contributed by atoms with Crippen LogP contribution in [-0.2, 0) is 13.1 Å². The Labute approximate surface area is 146 Å². The van der Waals surface area contributed by atoms with Gasteiger partial charge in [-0.25, -0.2) is 0 Å². The summed E-state index contributed by atoms with van der Waals surface area (Å²) in [5.41, 5.74) is 3.44. The number of nitrogens with zero attached hydrogens (tertiary/aromatic N) is 3. The number of nitrogens with one attached hydrogen (secondary N) is 2. The van der Waals surface area contributed by atoms with Gasteiger partial charge in [-0.3, -0.25) is 0 Å². The highest BCUT2D eigenvalue weighted by atomic mass is 35.5. The van der Waals surface area contributed by atoms with Gasteiger partial charge in [0.2, 0.25) is 5.95 Å². The summed E-state index contributed by atoms with van der Waals surface area (Å²) in [4.78, 5) is 4.42. The lowest BCUT2D eigenvalue weighted by Crippen LogP contribution is -2.08. The molecule has 6 heteroatoms. The third-order valence-corrected chi connectivity index (χ3v) is 4.04. The lowest BCUT2D eigenvalue weighted by Gasteiger charge is -2.09. The van der Waals surface area contributed by atoms with Crippen molar-refractivity contribution in [3.05, 3.63) is 76.4 Å². The highest BCUT2D eigenvalue weighted by molar-refractivity contribution is 6.31. The third-order valence-electron chi connectivity index (χ3n) is 3.67. The first-order valence-electron chi connectivity index (χ1n) is 7.68. The monoisotopic (exact) mass is 339 g/mol. The maximum absolute atomic E-state index is 6.15. The standard InChI is InChI=1S/C18H18ClN5/c1-13-6-2-3-7-14(13)10-21-18-23-17(12-22-24-18)20-11-15-8-4-5-9-16(15)19/h2-9,12H,10-11H2,1H3,(H2,20,21,23,24). The van der Waals surface area contributed by atoms with Gasteiger partial charge in [0.25, 0.3) is 0 Å². The number of anilines is 2. The van der Waals surface area contributed by atoms with Crippen LogP contribution < -0.4 is 10.6 Å². The Morgan fingerprint density at radius 3 is 2.42 bits per heavy atom. The molecule has 122 valence electrons. The molecule has 1 heterocycles.